The zero-order valence-corrected chi connectivity index (χ0v) is 22.7. The van der Waals surface area contributed by atoms with Crippen molar-refractivity contribution >= 4 is 29.3 Å². The van der Waals surface area contributed by atoms with Gasteiger partial charge in [0.15, 0.2) is 23.1 Å². The van der Waals surface area contributed by atoms with Crippen molar-refractivity contribution in [3.63, 3.8) is 0 Å². The number of ether oxygens (including phenoxy) is 4. The molecule has 0 radical (unpaired) electrons. The van der Waals surface area contributed by atoms with Crippen molar-refractivity contribution in [2.24, 2.45) is 5.41 Å². The fraction of sp³-hybridized carbons (Fsp3) is 0.281. The first kappa shape index (κ1) is 25.7. The normalized spacial score (nSPS) is 21.6. The molecule has 3 aromatic rings. The number of fused-ring (bicyclic) bond motifs is 5. The van der Waals surface area contributed by atoms with E-state index in [2.05, 4.69) is 0 Å². The summed E-state index contributed by atoms with van der Waals surface area (Å²) in [5.74, 6) is -1.17. The molecule has 0 amide bonds. The van der Waals surface area contributed by atoms with E-state index in [1.807, 2.05) is 41.3 Å². The van der Waals surface area contributed by atoms with Gasteiger partial charge >= 0.3 is 5.97 Å². The van der Waals surface area contributed by atoms with Crippen LogP contribution in [-0.4, -0.2) is 57.6 Å². The SMILES string of the molecule is CCOC(=O)[C@H]1[C@H](c2ccc(OC)c(OC)c2OC)C2(C(=O)c3ccccc3C2=O)C2C=Cc3ccccc3N21. The molecule has 2 heterocycles. The van der Waals surface area contributed by atoms with Crippen LogP contribution in [0.2, 0.25) is 0 Å². The van der Waals surface area contributed by atoms with Gasteiger partial charge in [-0.1, -0.05) is 60.7 Å². The molecule has 1 spiro atoms. The first-order valence-electron chi connectivity index (χ1n) is 13.1. The average Bonchev–Trinajstić information content (AvgIpc) is 3.42. The molecule has 1 saturated heterocycles. The Kier molecular flexibility index (Phi) is 6.13. The van der Waals surface area contributed by atoms with Gasteiger partial charge in [-0.15, -0.1) is 0 Å². The third kappa shape index (κ3) is 3.22. The zero-order valence-electron chi connectivity index (χ0n) is 22.7. The highest BCUT2D eigenvalue weighted by Gasteiger charge is 2.72. The van der Waals surface area contributed by atoms with Crippen LogP contribution in [0.15, 0.2) is 66.7 Å². The number of carbonyl (C=O) groups excluding carboxylic acids is 3. The lowest BCUT2D eigenvalue weighted by molar-refractivity contribution is -0.145. The highest BCUT2D eigenvalue weighted by atomic mass is 16.5. The van der Waals surface area contributed by atoms with Gasteiger partial charge in [-0.2, -0.15) is 0 Å². The van der Waals surface area contributed by atoms with Crippen molar-refractivity contribution in [2.75, 3.05) is 32.8 Å². The number of nitrogens with zero attached hydrogens (tertiary/aromatic N) is 1. The minimum absolute atomic E-state index is 0.135. The molecule has 3 atom stereocenters. The Bertz CT molecular complexity index is 1540. The van der Waals surface area contributed by atoms with Crippen molar-refractivity contribution in [3.8, 4) is 17.2 Å². The standard InChI is InChI=1S/C32H29NO7/c1-5-40-31(36)26-25(21-15-16-23(37-2)28(39-4)27(21)38-3)32(29(34)19-11-7-8-12-20(19)30(32)35)24-17-14-18-10-6-9-13-22(18)33(24)26/h6-17,24-26H,5H2,1-4H3/t24?,25-,26+/m0/s1. The Morgan fingerprint density at radius 3 is 2.12 bits per heavy atom. The lowest BCUT2D eigenvalue weighted by Crippen LogP contribution is -2.48. The van der Waals surface area contributed by atoms with Crippen LogP contribution in [0.4, 0.5) is 5.69 Å². The second-order valence-corrected chi connectivity index (χ2v) is 9.94. The predicted octanol–water partition coefficient (Wildman–Crippen LogP) is 4.71. The molecular weight excluding hydrogens is 510 g/mol. The Morgan fingerprint density at radius 2 is 1.50 bits per heavy atom. The van der Waals surface area contributed by atoms with E-state index >= 15 is 0 Å². The van der Waals surface area contributed by atoms with E-state index in [-0.39, 0.29) is 23.9 Å². The minimum Gasteiger partial charge on any atom is -0.493 e. The molecule has 3 aromatic carbocycles. The van der Waals surface area contributed by atoms with E-state index in [0.29, 0.717) is 28.2 Å². The Hall–Kier alpha value is -4.59. The second-order valence-electron chi connectivity index (χ2n) is 9.94. The first-order valence-corrected chi connectivity index (χ1v) is 13.1. The molecule has 3 aliphatic rings. The number of hydrogen-bond donors (Lipinski definition) is 0. The summed E-state index contributed by atoms with van der Waals surface area (Å²) in [5.41, 5.74) is 1.11. The average molecular weight is 540 g/mol. The second kappa shape index (κ2) is 9.55. The van der Waals surface area contributed by atoms with E-state index in [9.17, 15) is 14.4 Å². The lowest BCUT2D eigenvalue weighted by Gasteiger charge is -2.36. The van der Waals surface area contributed by atoms with Gasteiger partial charge in [0.05, 0.1) is 34.0 Å². The fourth-order valence-corrected chi connectivity index (χ4v) is 6.83. The van der Waals surface area contributed by atoms with Crippen LogP contribution in [0.25, 0.3) is 6.08 Å². The minimum atomic E-state index is -1.67. The van der Waals surface area contributed by atoms with Crippen LogP contribution >= 0.6 is 0 Å². The highest BCUT2D eigenvalue weighted by molar-refractivity contribution is 6.32. The quantitative estimate of drug-likeness (QED) is 0.329. The number of Topliss-reactive ketones (excluding diaryl/α,β-unsaturated/α-hetero) is 2. The Morgan fingerprint density at radius 1 is 0.850 bits per heavy atom. The van der Waals surface area contributed by atoms with Crippen molar-refractivity contribution in [1.82, 2.24) is 0 Å². The number of rotatable bonds is 6. The largest absolute Gasteiger partial charge is 0.493 e. The van der Waals surface area contributed by atoms with E-state index in [1.54, 1.807) is 43.3 Å². The summed E-state index contributed by atoms with van der Waals surface area (Å²) in [6.07, 6.45) is 3.78. The number of esters is 1. The molecule has 0 aromatic heterocycles. The molecule has 8 nitrogen and oxygen atoms in total. The molecule has 8 heteroatoms. The lowest BCUT2D eigenvalue weighted by atomic mass is 9.64. The molecule has 1 unspecified atom stereocenters. The van der Waals surface area contributed by atoms with Crippen LogP contribution < -0.4 is 19.1 Å². The summed E-state index contributed by atoms with van der Waals surface area (Å²) in [6.45, 7) is 1.87. The van der Waals surface area contributed by atoms with Crippen LogP contribution in [0.5, 0.6) is 17.2 Å². The van der Waals surface area contributed by atoms with Gasteiger partial charge in [-0.3, -0.25) is 9.59 Å². The molecule has 0 N–H and O–H groups in total. The fourth-order valence-electron chi connectivity index (χ4n) is 6.83. The smallest absolute Gasteiger partial charge is 0.329 e. The maximum atomic E-state index is 14.7. The van der Waals surface area contributed by atoms with Gasteiger partial charge in [0.25, 0.3) is 0 Å². The zero-order chi connectivity index (χ0) is 28.2. The molecule has 0 saturated carbocycles. The maximum absolute atomic E-state index is 14.7. The number of anilines is 1. The highest BCUT2D eigenvalue weighted by Crippen LogP contribution is 2.62. The molecule has 40 heavy (non-hydrogen) atoms. The number of hydrogen-bond acceptors (Lipinski definition) is 8. The third-order valence-corrected chi connectivity index (χ3v) is 8.31. The van der Waals surface area contributed by atoms with Crippen LogP contribution in [0, 0.1) is 5.41 Å². The van der Waals surface area contributed by atoms with E-state index in [4.69, 9.17) is 18.9 Å². The Labute approximate surface area is 232 Å². The Balaban J connectivity index is 1.72. The van der Waals surface area contributed by atoms with Crippen molar-refractivity contribution in [3.05, 3.63) is 89.0 Å². The maximum Gasteiger partial charge on any atom is 0.329 e. The number of para-hydroxylation sites is 1. The molecule has 2 aliphatic heterocycles. The van der Waals surface area contributed by atoms with Crippen LogP contribution in [0.1, 0.15) is 44.7 Å². The van der Waals surface area contributed by atoms with Crippen molar-refractivity contribution in [1.29, 1.82) is 0 Å². The van der Waals surface area contributed by atoms with Gasteiger partial charge in [0.2, 0.25) is 5.75 Å². The summed E-state index contributed by atoms with van der Waals surface area (Å²) < 4.78 is 22.7. The first-order chi connectivity index (χ1) is 19.4. The monoisotopic (exact) mass is 539 g/mol. The number of carbonyl (C=O) groups is 3. The van der Waals surface area contributed by atoms with Crippen LogP contribution in [-0.2, 0) is 9.53 Å². The molecule has 6 rings (SSSR count). The van der Waals surface area contributed by atoms with Gasteiger partial charge in [-0.25, -0.2) is 4.79 Å². The molecule has 204 valence electrons. The summed E-state index contributed by atoms with van der Waals surface area (Å²) in [6, 6.07) is 16.1. The molecule has 0 bridgehead atoms. The summed E-state index contributed by atoms with van der Waals surface area (Å²) in [4.78, 5) is 45.2. The molecule has 1 aliphatic carbocycles. The van der Waals surface area contributed by atoms with Crippen molar-refractivity contribution in [2.45, 2.75) is 24.9 Å². The van der Waals surface area contributed by atoms with Gasteiger partial charge in [0.1, 0.15) is 11.5 Å². The summed E-state index contributed by atoms with van der Waals surface area (Å²) in [7, 11) is 4.48. The predicted molar refractivity (Wildman–Crippen MR) is 149 cm³/mol. The van der Waals surface area contributed by atoms with Crippen molar-refractivity contribution < 1.29 is 33.3 Å². The molecule has 1 fully saturated rings. The molecular formula is C32H29NO7. The van der Waals surface area contributed by atoms with E-state index in [0.717, 1.165) is 11.3 Å². The van der Waals surface area contributed by atoms with Gasteiger partial charge in [0, 0.05) is 28.3 Å². The topological polar surface area (TPSA) is 91.4 Å². The van der Waals surface area contributed by atoms with Gasteiger partial charge < -0.3 is 23.8 Å². The number of benzene rings is 3. The third-order valence-electron chi connectivity index (χ3n) is 8.31. The van der Waals surface area contributed by atoms with Gasteiger partial charge in [-0.05, 0) is 24.6 Å². The number of ketones is 2. The van der Waals surface area contributed by atoms with E-state index < -0.39 is 29.4 Å². The summed E-state index contributed by atoms with van der Waals surface area (Å²) in [5, 5.41) is 0. The van der Waals surface area contributed by atoms with Crippen LogP contribution in [0.3, 0.4) is 0 Å². The van der Waals surface area contributed by atoms with E-state index in [1.165, 1.54) is 21.3 Å². The number of methoxy groups -OCH3 is 3. The summed E-state index contributed by atoms with van der Waals surface area (Å²) >= 11 is 0.